The summed E-state index contributed by atoms with van der Waals surface area (Å²) in [6.07, 6.45) is 2.12. The van der Waals surface area contributed by atoms with Crippen molar-refractivity contribution in [1.29, 1.82) is 0 Å². The first-order chi connectivity index (χ1) is 21.8. The number of carbonyl (C=O) groups excluding carboxylic acids is 1. The molecule has 2 amide bonds. The van der Waals surface area contributed by atoms with E-state index in [4.69, 9.17) is 9.72 Å². The van der Waals surface area contributed by atoms with Gasteiger partial charge < -0.3 is 30.4 Å². The lowest BCUT2D eigenvalue weighted by atomic mass is 9.98. The average Bonchev–Trinajstić information content (AvgIpc) is 3.68. The molecule has 0 radical (unpaired) electrons. The van der Waals surface area contributed by atoms with Crippen molar-refractivity contribution in [3.63, 3.8) is 0 Å². The lowest BCUT2D eigenvalue weighted by Crippen LogP contribution is -2.37. The van der Waals surface area contributed by atoms with Crippen molar-refractivity contribution in [2.24, 2.45) is 11.8 Å². The molecule has 0 aliphatic rings. The van der Waals surface area contributed by atoms with Crippen molar-refractivity contribution in [2.45, 2.75) is 66.2 Å². The molecule has 5 N–H and O–H groups in total. The van der Waals surface area contributed by atoms with Crippen LogP contribution < -0.4 is 10.6 Å². The van der Waals surface area contributed by atoms with E-state index in [0.29, 0.717) is 11.6 Å². The second-order valence-electron chi connectivity index (χ2n) is 13.2. The largest absolute Gasteiger partial charge is 0.465 e. The maximum Gasteiger partial charge on any atom is 0.408 e. The second kappa shape index (κ2) is 13.1. The third-order valence-corrected chi connectivity index (χ3v) is 7.72. The minimum Gasteiger partial charge on any atom is -0.465 e. The fourth-order valence-electron chi connectivity index (χ4n) is 5.37. The van der Waals surface area contributed by atoms with Gasteiger partial charge in [0.15, 0.2) is 0 Å². The molecular weight excluding hydrogens is 580 g/mol. The topological polar surface area (TPSA) is 145 Å². The summed E-state index contributed by atoms with van der Waals surface area (Å²) in [6, 6.07) is 20.1. The van der Waals surface area contributed by atoms with E-state index in [1.165, 1.54) is 0 Å². The van der Waals surface area contributed by atoms with E-state index in [-0.39, 0.29) is 17.9 Å². The van der Waals surface area contributed by atoms with E-state index in [0.717, 1.165) is 44.4 Å². The standard InChI is InChI=1S/C36H42N6O4/c1-20(2)30(41-34(43)44)32-37-18-28(39-32)23-10-8-22(9-11-23)24-12-13-26-17-27(15-14-25(26)16-24)29-19-38-33(40-29)31(21(3)4)42-35(45)46-36(5,6)7/h8-21,30-31,41H,1-7H3,(H,37,39)(H,38,40)(H,42,45)(H,43,44)/t30-,31-/m0/s1. The number of nitrogens with zero attached hydrogens (tertiary/aromatic N) is 2. The molecule has 0 saturated heterocycles. The Labute approximate surface area is 269 Å². The Morgan fingerprint density at radius 3 is 1.67 bits per heavy atom. The minimum atomic E-state index is -1.08. The van der Waals surface area contributed by atoms with Crippen molar-refractivity contribution in [3.05, 3.63) is 84.7 Å². The van der Waals surface area contributed by atoms with E-state index in [1.807, 2.05) is 66.8 Å². The predicted octanol–water partition coefficient (Wildman–Crippen LogP) is 8.47. The number of nitrogens with one attached hydrogen (secondary N) is 4. The quantitative estimate of drug-likeness (QED) is 0.111. The summed E-state index contributed by atoms with van der Waals surface area (Å²) < 4.78 is 5.46. The van der Waals surface area contributed by atoms with Crippen LogP contribution in [0.4, 0.5) is 9.59 Å². The highest BCUT2D eigenvalue weighted by Gasteiger charge is 2.25. The summed E-state index contributed by atoms with van der Waals surface area (Å²) in [6.45, 7) is 13.5. The Hall–Kier alpha value is -5.12. The van der Waals surface area contributed by atoms with Crippen LogP contribution in [0.2, 0.25) is 0 Å². The van der Waals surface area contributed by atoms with Gasteiger partial charge in [0.25, 0.3) is 0 Å². The maximum atomic E-state index is 12.5. The number of imidazole rings is 2. The van der Waals surface area contributed by atoms with Crippen LogP contribution in [0.5, 0.6) is 0 Å². The van der Waals surface area contributed by atoms with Crippen molar-refractivity contribution in [1.82, 2.24) is 30.6 Å². The number of rotatable bonds is 9. The zero-order valence-electron chi connectivity index (χ0n) is 27.3. The molecule has 3 aromatic carbocycles. The normalized spacial score (nSPS) is 13.2. The molecule has 5 aromatic rings. The summed E-state index contributed by atoms with van der Waals surface area (Å²) in [5.74, 6) is 1.42. The van der Waals surface area contributed by atoms with Gasteiger partial charge in [-0.15, -0.1) is 0 Å². The summed E-state index contributed by atoms with van der Waals surface area (Å²) in [4.78, 5) is 39.6. The number of H-pyrrole nitrogens is 2. The van der Waals surface area contributed by atoms with Gasteiger partial charge in [0.05, 0.1) is 23.5 Å². The van der Waals surface area contributed by atoms with Gasteiger partial charge in [0, 0.05) is 23.5 Å². The summed E-state index contributed by atoms with van der Waals surface area (Å²) in [5, 5.41) is 16.9. The molecule has 0 saturated carbocycles. The molecule has 0 aliphatic heterocycles. The summed E-state index contributed by atoms with van der Waals surface area (Å²) in [5.41, 5.74) is 5.06. The highest BCUT2D eigenvalue weighted by atomic mass is 16.6. The van der Waals surface area contributed by atoms with Gasteiger partial charge in [0.2, 0.25) is 0 Å². The minimum absolute atomic E-state index is 0.0450. The van der Waals surface area contributed by atoms with Gasteiger partial charge in [-0.05, 0) is 66.6 Å². The number of benzene rings is 3. The molecule has 2 atom stereocenters. The number of carboxylic acid groups (broad SMARTS) is 1. The molecule has 240 valence electrons. The van der Waals surface area contributed by atoms with Gasteiger partial charge >= 0.3 is 12.2 Å². The molecule has 10 heteroatoms. The number of amides is 2. The monoisotopic (exact) mass is 622 g/mol. The third kappa shape index (κ3) is 7.56. The predicted molar refractivity (Wildman–Crippen MR) is 180 cm³/mol. The number of carbonyl (C=O) groups is 2. The number of hydrogen-bond acceptors (Lipinski definition) is 5. The van der Waals surface area contributed by atoms with Crippen LogP contribution in [-0.2, 0) is 4.74 Å². The second-order valence-corrected chi connectivity index (χ2v) is 13.2. The van der Waals surface area contributed by atoms with E-state index in [2.05, 4.69) is 74.1 Å². The van der Waals surface area contributed by atoms with Crippen LogP contribution in [0.1, 0.15) is 72.2 Å². The highest BCUT2D eigenvalue weighted by molar-refractivity contribution is 5.90. The third-order valence-electron chi connectivity index (χ3n) is 7.72. The van der Waals surface area contributed by atoms with Crippen LogP contribution in [0.15, 0.2) is 73.1 Å². The van der Waals surface area contributed by atoms with Gasteiger partial charge in [-0.3, -0.25) is 0 Å². The zero-order valence-corrected chi connectivity index (χ0v) is 27.3. The Bertz CT molecular complexity index is 1830. The number of aromatic amines is 2. The number of aromatic nitrogens is 4. The molecule has 46 heavy (non-hydrogen) atoms. The molecule has 2 aromatic heterocycles. The molecule has 0 bridgehead atoms. The van der Waals surface area contributed by atoms with Crippen molar-refractivity contribution < 1.29 is 19.4 Å². The SMILES string of the molecule is CC(C)[C@H](NC(=O)O)c1nc(-c2ccc(-c3ccc4cc(-c5c[nH]c([C@@H](NC(=O)OC(C)(C)C)C(C)C)n5)ccc4c3)cc2)c[nH]1. The van der Waals surface area contributed by atoms with Crippen LogP contribution in [0, 0.1) is 11.8 Å². The smallest absolute Gasteiger partial charge is 0.408 e. The number of fused-ring (bicyclic) bond motifs is 1. The highest BCUT2D eigenvalue weighted by Crippen LogP contribution is 2.31. The van der Waals surface area contributed by atoms with Crippen molar-refractivity contribution in [2.75, 3.05) is 0 Å². The lowest BCUT2D eigenvalue weighted by Gasteiger charge is -2.24. The first kappa shape index (κ1) is 32.3. The van der Waals surface area contributed by atoms with Crippen LogP contribution in [0.3, 0.4) is 0 Å². The Kier molecular flexibility index (Phi) is 9.18. The molecule has 0 aliphatic carbocycles. The van der Waals surface area contributed by atoms with E-state index in [1.54, 1.807) is 6.20 Å². The van der Waals surface area contributed by atoms with Crippen LogP contribution >= 0.6 is 0 Å². The molecule has 2 heterocycles. The number of alkyl carbamates (subject to hydrolysis) is 1. The first-order valence-electron chi connectivity index (χ1n) is 15.5. The van der Waals surface area contributed by atoms with Crippen molar-refractivity contribution >= 4 is 23.0 Å². The van der Waals surface area contributed by atoms with Gasteiger partial charge in [0.1, 0.15) is 17.2 Å². The molecule has 0 unspecified atom stereocenters. The van der Waals surface area contributed by atoms with Crippen molar-refractivity contribution in [3.8, 4) is 33.6 Å². The average molecular weight is 623 g/mol. The Balaban J connectivity index is 1.32. The molecular formula is C36H42N6O4. The molecule has 5 rings (SSSR count). The maximum absolute atomic E-state index is 12.5. The van der Waals surface area contributed by atoms with Gasteiger partial charge in [-0.1, -0.05) is 76.2 Å². The van der Waals surface area contributed by atoms with Crippen LogP contribution in [0.25, 0.3) is 44.4 Å². The van der Waals surface area contributed by atoms with E-state index >= 15 is 0 Å². The summed E-state index contributed by atoms with van der Waals surface area (Å²) >= 11 is 0. The van der Waals surface area contributed by atoms with Crippen LogP contribution in [-0.4, -0.2) is 42.8 Å². The molecule has 10 nitrogen and oxygen atoms in total. The zero-order chi connectivity index (χ0) is 33.2. The molecule has 0 spiro atoms. The Morgan fingerprint density at radius 1 is 0.696 bits per heavy atom. The number of hydrogen-bond donors (Lipinski definition) is 5. The fraction of sp³-hybridized carbons (Fsp3) is 0.333. The van der Waals surface area contributed by atoms with Gasteiger partial charge in [-0.25, -0.2) is 19.6 Å². The van der Waals surface area contributed by atoms with E-state index in [9.17, 15) is 14.7 Å². The lowest BCUT2D eigenvalue weighted by molar-refractivity contribution is 0.0486. The summed E-state index contributed by atoms with van der Waals surface area (Å²) in [7, 11) is 0. The van der Waals surface area contributed by atoms with E-state index < -0.39 is 23.8 Å². The van der Waals surface area contributed by atoms with Gasteiger partial charge in [-0.2, -0.15) is 0 Å². The number of ether oxygens (including phenoxy) is 1. The molecule has 0 fully saturated rings. The first-order valence-corrected chi connectivity index (χ1v) is 15.5. The Morgan fingerprint density at radius 2 is 1.15 bits per heavy atom. The fourth-order valence-corrected chi connectivity index (χ4v) is 5.37.